The molecule has 134 valence electrons. The van der Waals surface area contributed by atoms with Crippen LogP contribution in [-0.4, -0.2) is 28.5 Å². The maximum Gasteiger partial charge on any atom is 0.248 e. The lowest BCUT2D eigenvalue weighted by atomic mass is 9.96. The quantitative estimate of drug-likeness (QED) is 0.830. The van der Waals surface area contributed by atoms with Gasteiger partial charge in [0.25, 0.3) is 0 Å². The van der Waals surface area contributed by atoms with Gasteiger partial charge in [-0.2, -0.15) is 4.98 Å². The molecule has 7 heteroatoms. The minimum Gasteiger partial charge on any atom is -0.347 e. The van der Waals surface area contributed by atoms with Crippen LogP contribution in [0, 0.1) is 5.92 Å². The largest absolute Gasteiger partial charge is 0.347 e. The Morgan fingerprint density at radius 1 is 1.25 bits per heavy atom. The summed E-state index contributed by atoms with van der Waals surface area (Å²) in [5.74, 6) is 1.12. The highest BCUT2D eigenvalue weighted by atomic mass is 16.5. The number of nitrogens with zero attached hydrogens (tertiary/aromatic N) is 2. The number of rotatable bonds is 6. The Kier molecular flexibility index (Phi) is 5.96. The van der Waals surface area contributed by atoms with Gasteiger partial charge in [-0.05, 0) is 25.7 Å². The average Bonchev–Trinajstić information content (AvgIpc) is 3.15. The molecule has 2 rings (SSSR count). The van der Waals surface area contributed by atoms with E-state index in [2.05, 4.69) is 20.8 Å². The minimum absolute atomic E-state index is 0.0316. The van der Waals surface area contributed by atoms with Crippen LogP contribution in [0.5, 0.6) is 0 Å². The summed E-state index contributed by atoms with van der Waals surface area (Å²) in [7, 11) is 0. The van der Waals surface area contributed by atoms with Crippen molar-refractivity contribution in [3.63, 3.8) is 0 Å². The first kappa shape index (κ1) is 18.4. The molecule has 0 unspecified atom stereocenters. The molecule has 1 atom stereocenters. The third kappa shape index (κ3) is 5.32. The summed E-state index contributed by atoms with van der Waals surface area (Å²) in [4.78, 5) is 28.1. The van der Waals surface area contributed by atoms with Crippen LogP contribution < -0.4 is 10.6 Å². The van der Waals surface area contributed by atoms with Gasteiger partial charge in [0.05, 0.1) is 6.54 Å². The van der Waals surface area contributed by atoms with Crippen molar-refractivity contribution in [3.05, 3.63) is 11.7 Å². The molecule has 24 heavy (non-hydrogen) atoms. The Bertz CT molecular complexity index is 571. The summed E-state index contributed by atoms with van der Waals surface area (Å²) in [6.07, 6.45) is 5.16. The molecular formula is C17H28N4O3. The second kappa shape index (κ2) is 7.77. The predicted molar refractivity (Wildman–Crippen MR) is 89.1 cm³/mol. The number of hydrogen-bond acceptors (Lipinski definition) is 5. The minimum atomic E-state index is -0.396. The number of amides is 2. The Morgan fingerprint density at radius 3 is 2.50 bits per heavy atom. The topological polar surface area (TPSA) is 97.1 Å². The van der Waals surface area contributed by atoms with Crippen molar-refractivity contribution in [2.45, 2.75) is 71.3 Å². The second-order valence-electron chi connectivity index (χ2n) is 7.63. The molecule has 7 nitrogen and oxygen atoms in total. The second-order valence-corrected chi connectivity index (χ2v) is 7.63. The van der Waals surface area contributed by atoms with Crippen LogP contribution in [0.15, 0.2) is 4.52 Å². The van der Waals surface area contributed by atoms with Gasteiger partial charge in [-0.1, -0.05) is 38.8 Å². The first-order valence-electron chi connectivity index (χ1n) is 8.66. The molecular weight excluding hydrogens is 308 g/mol. The van der Waals surface area contributed by atoms with E-state index in [1.54, 1.807) is 6.92 Å². The fraction of sp³-hybridized carbons (Fsp3) is 0.765. The van der Waals surface area contributed by atoms with Crippen LogP contribution in [0.3, 0.4) is 0 Å². The summed E-state index contributed by atoms with van der Waals surface area (Å²) < 4.78 is 5.20. The normalized spacial score (nSPS) is 16.8. The van der Waals surface area contributed by atoms with Gasteiger partial charge in [-0.25, -0.2) is 0 Å². The van der Waals surface area contributed by atoms with Gasteiger partial charge < -0.3 is 15.2 Å². The predicted octanol–water partition coefficient (Wildman–Crippen LogP) is 2.24. The molecule has 1 aromatic rings. The van der Waals surface area contributed by atoms with E-state index >= 15 is 0 Å². The van der Waals surface area contributed by atoms with Gasteiger partial charge in [-0.15, -0.1) is 0 Å². The lowest BCUT2D eigenvalue weighted by molar-refractivity contribution is -0.127. The van der Waals surface area contributed by atoms with Gasteiger partial charge in [0, 0.05) is 11.8 Å². The number of nitrogens with one attached hydrogen (secondary N) is 2. The first-order chi connectivity index (χ1) is 11.3. The zero-order valence-electron chi connectivity index (χ0n) is 15.0. The van der Waals surface area contributed by atoms with E-state index in [1.165, 1.54) is 12.8 Å². The van der Waals surface area contributed by atoms with Crippen LogP contribution in [0.1, 0.15) is 77.6 Å². The van der Waals surface area contributed by atoms with Crippen molar-refractivity contribution in [2.24, 2.45) is 5.92 Å². The summed E-state index contributed by atoms with van der Waals surface area (Å²) in [5, 5.41) is 9.38. The summed E-state index contributed by atoms with van der Waals surface area (Å²) in [6, 6.07) is -0.396. The van der Waals surface area contributed by atoms with E-state index in [9.17, 15) is 9.59 Å². The molecule has 0 bridgehead atoms. The van der Waals surface area contributed by atoms with Gasteiger partial charge >= 0.3 is 0 Å². The molecule has 0 aromatic carbocycles. The highest BCUT2D eigenvalue weighted by Crippen LogP contribution is 2.27. The van der Waals surface area contributed by atoms with Crippen LogP contribution in [0.4, 0.5) is 0 Å². The summed E-state index contributed by atoms with van der Waals surface area (Å²) >= 11 is 0. The third-order valence-corrected chi connectivity index (χ3v) is 4.26. The molecule has 0 saturated heterocycles. The Labute approximate surface area is 143 Å². The molecule has 1 aromatic heterocycles. The maximum absolute atomic E-state index is 12.0. The van der Waals surface area contributed by atoms with Crippen molar-refractivity contribution in [3.8, 4) is 0 Å². The van der Waals surface area contributed by atoms with Crippen LogP contribution in [0.2, 0.25) is 0 Å². The number of carbonyl (C=O) groups is 2. The fourth-order valence-electron chi connectivity index (χ4n) is 2.80. The molecule has 1 heterocycles. The zero-order valence-corrected chi connectivity index (χ0v) is 15.0. The summed E-state index contributed by atoms with van der Waals surface area (Å²) in [6.45, 7) is 7.72. The van der Waals surface area contributed by atoms with E-state index in [1.807, 2.05) is 20.8 Å². The molecule has 1 aliphatic carbocycles. The van der Waals surface area contributed by atoms with E-state index in [-0.39, 0.29) is 23.8 Å². The standard InChI is InChI=1S/C17H28N4O3/c1-11(15-20-16(21-24-15)17(2,3)4)19-14(23)10-18-13(22)9-12-7-5-6-8-12/h11-12H,5-10H2,1-4H3,(H,18,22)(H,19,23)/t11-/m1/s1. The molecule has 2 amide bonds. The number of carbonyl (C=O) groups excluding carboxylic acids is 2. The Balaban J connectivity index is 1.75. The van der Waals surface area contributed by atoms with Crippen molar-refractivity contribution >= 4 is 11.8 Å². The third-order valence-electron chi connectivity index (χ3n) is 4.26. The Hall–Kier alpha value is -1.92. The van der Waals surface area contributed by atoms with Gasteiger partial charge in [0.2, 0.25) is 17.7 Å². The monoisotopic (exact) mass is 336 g/mol. The van der Waals surface area contributed by atoms with E-state index in [4.69, 9.17) is 4.52 Å². The van der Waals surface area contributed by atoms with Gasteiger partial charge in [-0.3, -0.25) is 9.59 Å². The Morgan fingerprint density at radius 2 is 1.92 bits per heavy atom. The van der Waals surface area contributed by atoms with Gasteiger partial charge in [0.1, 0.15) is 6.04 Å². The highest BCUT2D eigenvalue weighted by molar-refractivity contribution is 5.84. The number of aromatic nitrogens is 2. The van der Waals surface area contributed by atoms with Gasteiger partial charge in [0.15, 0.2) is 5.82 Å². The SMILES string of the molecule is C[C@@H](NC(=O)CNC(=O)CC1CCCC1)c1nc(C(C)(C)C)no1. The molecule has 1 fully saturated rings. The van der Waals surface area contributed by atoms with Crippen molar-refractivity contribution < 1.29 is 14.1 Å². The maximum atomic E-state index is 12.0. The van der Waals surface area contributed by atoms with E-state index < -0.39 is 6.04 Å². The lowest BCUT2D eigenvalue weighted by Crippen LogP contribution is -2.38. The first-order valence-corrected chi connectivity index (χ1v) is 8.66. The van der Waals surface area contributed by atoms with Crippen molar-refractivity contribution in [1.29, 1.82) is 0 Å². The smallest absolute Gasteiger partial charge is 0.248 e. The molecule has 1 saturated carbocycles. The van der Waals surface area contributed by atoms with Crippen LogP contribution >= 0.6 is 0 Å². The van der Waals surface area contributed by atoms with E-state index in [0.29, 0.717) is 24.1 Å². The molecule has 0 radical (unpaired) electrons. The fourth-order valence-corrected chi connectivity index (χ4v) is 2.80. The van der Waals surface area contributed by atoms with Crippen LogP contribution in [-0.2, 0) is 15.0 Å². The van der Waals surface area contributed by atoms with Crippen molar-refractivity contribution in [2.75, 3.05) is 6.54 Å². The number of hydrogen-bond donors (Lipinski definition) is 2. The highest BCUT2D eigenvalue weighted by Gasteiger charge is 2.24. The van der Waals surface area contributed by atoms with E-state index in [0.717, 1.165) is 12.8 Å². The average molecular weight is 336 g/mol. The lowest BCUT2D eigenvalue weighted by Gasteiger charge is -2.13. The molecule has 0 spiro atoms. The molecule has 2 N–H and O–H groups in total. The summed E-state index contributed by atoms with van der Waals surface area (Å²) in [5.41, 5.74) is -0.209. The zero-order chi connectivity index (χ0) is 17.7. The molecule has 0 aliphatic heterocycles. The van der Waals surface area contributed by atoms with Crippen molar-refractivity contribution in [1.82, 2.24) is 20.8 Å². The molecule has 1 aliphatic rings. The van der Waals surface area contributed by atoms with Crippen LogP contribution in [0.25, 0.3) is 0 Å².